The Labute approximate surface area is 272 Å². The number of aliphatic hydroxyl groups is 5. The molecule has 0 spiro atoms. The van der Waals surface area contributed by atoms with Crippen LogP contribution in [0.5, 0.6) is 0 Å². The highest BCUT2D eigenvalue weighted by Crippen LogP contribution is 2.47. The molecule has 266 valence electrons. The third-order valence-electron chi connectivity index (χ3n) is 7.33. The van der Waals surface area contributed by atoms with Gasteiger partial charge in [-0.15, -0.1) is 0 Å². The molecule has 0 saturated heterocycles. The SMILES string of the molecule is C/C=C\C/C=C\C/C=C\CCCC(=O)O[C@H](COC(=O)CCCCCCCCC)COP(=O)(O)OC1[C@H](O)[C@H](O)C(O)[C@H](O)[C@H]1O. The van der Waals surface area contributed by atoms with E-state index in [4.69, 9.17) is 18.5 Å². The molecule has 6 N–H and O–H groups in total. The molecule has 8 atom stereocenters. The normalized spacial score (nSPS) is 25.7. The van der Waals surface area contributed by atoms with Gasteiger partial charge in [-0.25, -0.2) is 4.57 Å². The maximum atomic E-state index is 12.6. The zero-order valence-corrected chi connectivity index (χ0v) is 28.0. The fraction of sp³-hybridized carbons (Fsp3) is 0.750. The molecular weight excluding hydrogens is 623 g/mol. The quantitative estimate of drug-likeness (QED) is 0.0374. The zero-order chi connectivity index (χ0) is 34.4. The monoisotopic (exact) mass is 678 g/mol. The lowest BCUT2D eigenvalue weighted by Gasteiger charge is -2.41. The Hall–Kier alpha value is -1.93. The number of ether oxygens (including phenoxy) is 2. The van der Waals surface area contributed by atoms with Gasteiger partial charge in [0, 0.05) is 12.8 Å². The standard InChI is InChI=1S/C32H55O13P/c1-3-5-7-9-11-12-13-15-17-19-21-26(34)44-24(22-42-25(33)20-18-16-14-10-8-6-4-2)23-43-46(40,41)45-32-30(38)28(36)27(35)29(37)31(32)39/h3,5,9,11,13,15,24,27-32,35-39H,4,6-8,10,12,14,16-23H2,1-2H3,(H,40,41)/b5-3-,11-9-,15-13-/t24-,27?,28-,29+,30-,31-,32?/m1/s1. The number of carbonyl (C=O) groups excluding carboxylic acids is 2. The Balaban J connectivity index is 2.67. The van der Waals surface area contributed by atoms with Crippen LogP contribution in [0.25, 0.3) is 0 Å². The molecule has 0 amide bonds. The maximum Gasteiger partial charge on any atom is 0.472 e. The summed E-state index contributed by atoms with van der Waals surface area (Å²) in [6, 6.07) is 0. The van der Waals surface area contributed by atoms with Gasteiger partial charge in [0.05, 0.1) is 6.61 Å². The van der Waals surface area contributed by atoms with Gasteiger partial charge in [-0.2, -0.15) is 0 Å². The van der Waals surface area contributed by atoms with Crippen LogP contribution in [0.15, 0.2) is 36.5 Å². The average Bonchev–Trinajstić information content (AvgIpc) is 3.03. The first-order valence-corrected chi connectivity index (χ1v) is 17.7. The maximum absolute atomic E-state index is 12.6. The van der Waals surface area contributed by atoms with E-state index in [-0.39, 0.29) is 12.8 Å². The van der Waals surface area contributed by atoms with Crippen molar-refractivity contribution in [2.45, 2.75) is 140 Å². The van der Waals surface area contributed by atoms with E-state index in [0.717, 1.165) is 44.9 Å². The van der Waals surface area contributed by atoms with E-state index >= 15 is 0 Å². The summed E-state index contributed by atoms with van der Waals surface area (Å²) >= 11 is 0. The Morgan fingerprint density at radius 3 is 1.89 bits per heavy atom. The van der Waals surface area contributed by atoms with Crippen LogP contribution in [0.1, 0.15) is 97.3 Å². The summed E-state index contributed by atoms with van der Waals surface area (Å²) in [5.41, 5.74) is 0. The van der Waals surface area contributed by atoms with E-state index < -0.39 is 75.7 Å². The van der Waals surface area contributed by atoms with Gasteiger partial charge in [-0.05, 0) is 39.0 Å². The molecule has 1 saturated carbocycles. The van der Waals surface area contributed by atoms with Crippen LogP contribution in [0.4, 0.5) is 0 Å². The number of hydrogen-bond acceptors (Lipinski definition) is 12. The van der Waals surface area contributed by atoms with Crippen molar-refractivity contribution in [2.75, 3.05) is 13.2 Å². The van der Waals surface area contributed by atoms with E-state index in [1.54, 1.807) is 0 Å². The number of unbranched alkanes of at least 4 members (excludes halogenated alkanes) is 7. The summed E-state index contributed by atoms with van der Waals surface area (Å²) in [4.78, 5) is 35.0. The lowest BCUT2D eigenvalue weighted by atomic mass is 9.85. The van der Waals surface area contributed by atoms with Gasteiger partial charge in [-0.1, -0.05) is 81.9 Å². The van der Waals surface area contributed by atoms with Crippen LogP contribution in [-0.2, 0) is 32.7 Å². The second-order valence-corrected chi connectivity index (χ2v) is 12.7. The predicted molar refractivity (Wildman–Crippen MR) is 170 cm³/mol. The Bertz CT molecular complexity index is 969. The Morgan fingerprint density at radius 2 is 1.26 bits per heavy atom. The number of allylic oxidation sites excluding steroid dienone is 6. The zero-order valence-electron chi connectivity index (χ0n) is 27.1. The van der Waals surface area contributed by atoms with Crippen molar-refractivity contribution >= 4 is 19.8 Å². The van der Waals surface area contributed by atoms with Crippen LogP contribution >= 0.6 is 7.82 Å². The minimum absolute atomic E-state index is 0.0236. The average molecular weight is 679 g/mol. The van der Waals surface area contributed by atoms with Crippen LogP contribution in [-0.4, -0.2) is 98.3 Å². The second kappa shape index (κ2) is 24.2. The van der Waals surface area contributed by atoms with Crippen LogP contribution in [0, 0.1) is 0 Å². The molecule has 0 bridgehead atoms. The number of phosphoric ester groups is 1. The van der Waals surface area contributed by atoms with Crippen LogP contribution in [0.3, 0.4) is 0 Å². The molecule has 1 aliphatic rings. The minimum Gasteiger partial charge on any atom is -0.462 e. The van der Waals surface area contributed by atoms with Gasteiger partial charge in [-0.3, -0.25) is 18.6 Å². The Morgan fingerprint density at radius 1 is 0.717 bits per heavy atom. The highest BCUT2D eigenvalue weighted by atomic mass is 31.2. The first-order valence-electron chi connectivity index (χ1n) is 16.3. The predicted octanol–water partition coefficient (Wildman–Crippen LogP) is 3.54. The van der Waals surface area contributed by atoms with Crippen molar-refractivity contribution in [3.8, 4) is 0 Å². The molecular formula is C32H55O13P. The molecule has 0 aromatic rings. The Kier molecular flexibility index (Phi) is 22.2. The van der Waals surface area contributed by atoms with Crippen molar-refractivity contribution in [3.05, 3.63) is 36.5 Å². The van der Waals surface area contributed by atoms with E-state index in [0.29, 0.717) is 19.3 Å². The fourth-order valence-corrected chi connectivity index (χ4v) is 5.57. The van der Waals surface area contributed by atoms with Gasteiger partial charge in [0.1, 0.15) is 43.2 Å². The largest absolute Gasteiger partial charge is 0.472 e. The van der Waals surface area contributed by atoms with Gasteiger partial charge >= 0.3 is 19.8 Å². The summed E-state index contributed by atoms with van der Waals surface area (Å²) < 4.78 is 33.0. The number of esters is 2. The van der Waals surface area contributed by atoms with Gasteiger partial charge in [0.2, 0.25) is 0 Å². The third kappa shape index (κ3) is 17.8. The van der Waals surface area contributed by atoms with Gasteiger partial charge in [0.15, 0.2) is 6.10 Å². The number of phosphoric acid groups is 1. The molecule has 13 nitrogen and oxygen atoms in total. The highest BCUT2D eigenvalue weighted by Gasteiger charge is 2.51. The molecule has 1 rings (SSSR count). The number of hydrogen-bond donors (Lipinski definition) is 6. The second-order valence-electron chi connectivity index (χ2n) is 11.3. The number of rotatable bonds is 24. The smallest absolute Gasteiger partial charge is 0.462 e. The van der Waals surface area contributed by atoms with Gasteiger partial charge < -0.3 is 39.9 Å². The molecule has 14 heteroatoms. The van der Waals surface area contributed by atoms with Gasteiger partial charge in [0.25, 0.3) is 0 Å². The first kappa shape index (κ1) is 42.1. The van der Waals surface area contributed by atoms with E-state index in [1.807, 2.05) is 37.3 Å². The molecule has 0 aromatic heterocycles. The first-order chi connectivity index (χ1) is 21.9. The van der Waals surface area contributed by atoms with E-state index in [9.17, 15) is 44.6 Å². The summed E-state index contributed by atoms with van der Waals surface area (Å²) in [6.07, 6.45) is 8.76. The highest BCUT2D eigenvalue weighted by molar-refractivity contribution is 7.47. The molecule has 0 radical (unpaired) electrons. The van der Waals surface area contributed by atoms with E-state index in [2.05, 4.69) is 13.0 Å². The van der Waals surface area contributed by atoms with Crippen molar-refractivity contribution in [1.82, 2.24) is 0 Å². The third-order valence-corrected chi connectivity index (χ3v) is 8.31. The summed E-state index contributed by atoms with van der Waals surface area (Å²) in [6.45, 7) is 2.88. The van der Waals surface area contributed by atoms with Crippen molar-refractivity contribution < 1.29 is 63.1 Å². The van der Waals surface area contributed by atoms with Crippen molar-refractivity contribution in [3.63, 3.8) is 0 Å². The lowest BCUT2D eigenvalue weighted by molar-refractivity contribution is -0.220. The minimum atomic E-state index is -5.11. The molecule has 1 fully saturated rings. The summed E-state index contributed by atoms with van der Waals surface area (Å²) in [5, 5.41) is 49.6. The lowest BCUT2D eigenvalue weighted by Crippen LogP contribution is -2.64. The topological polar surface area (TPSA) is 210 Å². The van der Waals surface area contributed by atoms with Crippen molar-refractivity contribution in [1.29, 1.82) is 0 Å². The molecule has 3 unspecified atom stereocenters. The fourth-order valence-electron chi connectivity index (χ4n) is 4.59. The summed E-state index contributed by atoms with van der Waals surface area (Å²) in [5.74, 6) is -1.18. The molecule has 1 aliphatic carbocycles. The van der Waals surface area contributed by atoms with Crippen LogP contribution < -0.4 is 0 Å². The molecule has 0 aliphatic heterocycles. The van der Waals surface area contributed by atoms with Crippen molar-refractivity contribution in [2.24, 2.45) is 0 Å². The number of carbonyl (C=O) groups is 2. The number of aliphatic hydroxyl groups excluding tert-OH is 5. The molecule has 0 aromatic carbocycles. The van der Waals surface area contributed by atoms with E-state index in [1.165, 1.54) is 6.42 Å². The molecule has 0 heterocycles. The van der Waals surface area contributed by atoms with Crippen LogP contribution in [0.2, 0.25) is 0 Å². The summed E-state index contributed by atoms with van der Waals surface area (Å²) in [7, 11) is -5.11. The molecule has 46 heavy (non-hydrogen) atoms.